The molecule has 0 aliphatic rings. The van der Waals surface area contributed by atoms with Gasteiger partial charge < -0.3 is 15.5 Å². The minimum Gasteiger partial charge on any atom is -0.357 e. The van der Waals surface area contributed by atoms with Crippen LogP contribution in [0.3, 0.4) is 0 Å². The average Bonchev–Trinajstić information content (AvgIpc) is 2.48. The number of aromatic nitrogens is 2. The molecule has 2 N–H and O–H groups in total. The molecule has 1 aromatic heterocycles. The van der Waals surface area contributed by atoms with Crippen LogP contribution in [0.5, 0.6) is 0 Å². The topological polar surface area (TPSA) is 70.2 Å². The zero-order valence-electron chi connectivity index (χ0n) is 13.1. The molecule has 0 spiro atoms. The van der Waals surface area contributed by atoms with Gasteiger partial charge in [-0.05, 0) is 38.1 Å². The first-order chi connectivity index (χ1) is 10.6. The van der Waals surface area contributed by atoms with Crippen molar-refractivity contribution in [2.24, 2.45) is 0 Å². The third-order valence-corrected chi connectivity index (χ3v) is 3.17. The number of hydrogen-bond donors (Lipinski definition) is 2. The molecule has 2 aromatic rings. The number of amides is 1. The first-order valence-electron chi connectivity index (χ1n) is 7.35. The van der Waals surface area contributed by atoms with E-state index in [2.05, 4.69) is 39.3 Å². The van der Waals surface area contributed by atoms with E-state index in [0.717, 1.165) is 30.3 Å². The van der Waals surface area contributed by atoms with Crippen molar-refractivity contribution in [3.63, 3.8) is 0 Å². The summed E-state index contributed by atoms with van der Waals surface area (Å²) in [6.07, 6.45) is 1.74. The number of nitrogens with one attached hydrogen (secondary N) is 2. The van der Waals surface area contributed by atoms with Crippen molar-refractivity contribution in [1.29, 1.82) is 0 Å². The number of benzene rings is 1. The zero-order chi connectivity index (χ0) is 15.9. The fraction of sp³-hybridized carbons (Fsp3) is 0.312. The van der Waals surface area contributed by atoms with Gasteiger partial charge in [0, 0.05) is 37.6 Å². The lowest BCUT2D eigenvalue weighted by Gasteiger charge is -2.19. The second kappa shape index (κ2) is 7.40. The minimum atomic E-state index is -0.100. The number of anilines is 4. The van der Waals surface area contributed by atoms with Gasteiger partial charge in [0.15, 0.2) is 0 Å². The quantitative estimate of drug-likeness (QED) is 0.858. The zero-order valence-corrected chi connectivity index (χ0v) is 13.1. The summed E-state index contributed by atoms with van der Waals surface area (Å²) in [4.78, 5) is 22.0. The molecule has 0 atom stereocenters. The lowest BCUT2D eigenvalue weighted by molar-refractivity contribution is -0.114. The van der Waals surface area contributed by atoms with Crippen LogP contribution in [0.25, 0.3) is 0 Å². The number of carbonyl (C=O) groups is 1. The molecular formula is C16H21N5O. The van der Waals surface area contributed by atoms with Crippen LogP contribution in [0, 0.1) is 0 Å². The van der Waals surface area contributed by atoms with Gasteiger partial charge in [-0.1, -0.05) is 6.07 Å². The molecule has 0 radical (unpaired) electrons. The van der Waals surface area contributed by atoms with Gasteiger partial charge in [-0.15, -0.1) is 0 Å². The molecule has 22 heavy (non-hydrogen) atoms. The summed E-state index contributed by atoms with van der Waals surface area (Å²) in [5.41, 5.74) is 1.56. The first kappa shape index (κ1) is 15.8. The summed E-state index contributed by atoms with van der Waals surface area (Å²) in [5.74, 6) is 1.32. The Morgan fingerprint density at radius 3 is 2.59 bits per heavy atom. The van der Waals surface area contributed by atoms with Crippen molar-refractivity contribution in [3.8, 4) is 0 Å². The van der Waals surface area contributed by atoms with Gasteiger partial charge in [0.2, 0.25) is 11.9 Å². The molecule has 0 aliphatic heterocycles. The predicted octanol–water partition coefficient (Wildman–Crippen LogP) is 3.02. The SMILES string of the molecule is CCN(CC)c1ccnc(Nc2cccc(NC(C)=O)c2)n1. The maximum absolute atomic E-state index is 11.1. The Kier molecular flexibility index (Phi) is 5.30. The Bertz CT molecular complexity index is 640. The number of nitrogens with zero attached hydrogens (tertiary/aromatic N) is 3. The summed E-state index contributed by atoms with van der Waals surface area (Å²) in [5, 5.41) is 5.91. The van der Waals surface area contributed by atoms with Crippen molar-refractivity contribution in [2.45, 2.75) is 20.8 Å². The molecule has 116 valence electrons. The molecule has 1 aromatic carbocycles. The van der Waals surface area contributed by atoms with E-state index in [0.29, 0.717) is 5.95 Å². The highest BCUT2D eigenvalue weighted by Gasteiger charge is 2.06. The maximum Gasteiger partial charge on any atom is 0.229 e. The lowest BCUT2D eigenvalue weighted by Crippen LogP contribution is -2.23. The van der Waals surface area contributed by atoms with Crippen LogP contribution in [0.4, 0.5) is 23.1 Å². The highest BCUT2D eigenvalue weighted by atomic mass is 16.1. The lowest BCUT2D eigenvalue weighted by atomic mass is 10.2. The fourth-order valence-corrected chi connectivity index (χ4v) is 2.14. The Balaban J connectivity index is 2.17. The second-order valence-corrected chi connectivity index (χ2v) is 4.80. The predicted molar refractivity (Wildman–Crippen MR) is 89.6 cm³/mol. The summed E-state index contributed by atoms with van der Waals surface area (Å²) >= 11 is 0. The molecule has 6 heteroatoms. The summed E-state index contributed by atoms with van der Waals surface area (Å²) in [6, 6.07) is 9.33. The van der Waals surface area contributed by atoms with Crippen molar-refractivity contribution in [1.82, 2.24) is 9.97 Å². The van der Waals surface area contributed by atoms with Gasteiger partial charge in [-0.3, -0.25) is 4.79 Å². The van der Waals surface area contributed by atoms with E-state index in [-0.39, 0.29) is 5.91 Å². The van der Waals surface area contributed by atoms with Gasteiger partial charge in [0.1, 0.15) is 5.82 Å². The van der Waals surface area contributed by atoms with Crippen LogP contribution in [0.15, 0.2) is 36.5 Å². The Morgan fingerprint density at radius 1 is 1.18 bits per heavy atom. The van der Waals surface area contributed by atoms with E-state index in [1.165, 1.54) is 6.92 Å². The van der Waals surface area contributed by atoms with Crippen molar-refractivity contribution >= 4 is 29.0 Å². The summed E-state index contributed by atoms with van der Waals surface area (Å²) < 4.78 is 0. The van der Waals surface area contributed by atoms with E-state index in [1.54, 1.807) is 6.20 Å². The molecule has 0 saturated heterocycles. The monoisotopic (exact) mass is 299 g/mol. The van der Waals surface area contributed by atoms with E-state index in [9.17, 15) is 4.79 Å². The third-order valence-electron chi connectivity index (χ3n) is 3.17. The molecule has 0 fully saturated rings. The number of rotatable bonds is 6. The van der Waals surface area contributed by atoms with Crippen LogP contribution in [-0.4, -0.2) is 29.0 Å². The molecule has 0 unspecified atom stereocenters. The van der Waals surface area contributed by atoms with Crippen molar-refractivity contribution in [3.05, 3.63) is 36.5 Å². The Labute approximate surface area is 130 Å². The molecule has 1 amide bonds. The third kappa shape index (κ3) is 4.18. The average molecular weight is 299 g/mol. The Morgan fingerprint density at radius 2 is 1.91 bits per heavy atom. The van der Waals surface area contributed by atoms with Gasteiger partial charge in [0.25, 0.3) is 0 Å². The molecule has 0 saturated carbocycles. The molecule has 6 nitrogen and oxygen atoms in total. The molecule has 2 rings (SSSR count). The summed E-state index contributed by atoms with van der Waals surface area (Å²) in [7, 11) is 0. The van der Waals surface area contributed by atoms with Gasteiger partial charge in [-0.2, -0.15) is 4.98 Å². The van der Waals surface area contributed by atoms with Crippen LogP contribution in [0.2, 0.25) is 0 Å². The highest BCUT2D eigenvalue weighted by molar-refractivity contribution is 5.89. The van der Waals surface area contributed by atoms with E-state index < -0.39 is 0 Å². The number of hydrogen-bond acceptors (Lipinski definition) is 5. The molecule has 0 bridgehead atoms. The summed E-state index contributed by atoms with van der Waals surface area (Å²) in [6.45, 7) is 7.46. The first-order valence-corrected chi connectivity index (χ1v) is 7.35. The van der Waals surface area contributed by atoms with Gasteiger partial charge >= 0.3 is 0 Å². The van der Waals surface area contributed by atoms with Crippen LogP contribution < -0.4 is 15.5 Å². The van der Waals surface area contributed by atoms with Crippen LogP contribution >= 0.6 is 0 Å². The smallest absolute Gasteiger partial charge is 0.229 e. The normalized spacial score (nSPS) is 10.1. The largest absolute Gasteiger partial charge is 0.357 e. The standard InChI is InChI=1S/C16H21N5O/c1-4-21(5-2)15-9-10-17-16(20-15)19-14-8-6-7-13(11-14)18-12(3)22/h6-11H,4-5H2,1-3H3,(H,18,22)(H,17,19,20). The van der Waals surface area contributed by atoms with Gasteiger partial charge in [0.05, 0.1) is 0 Å². The Hall–Kier alpha value is -2.63. The highest BCUT2D eigenvalue weighted by Crippen LogP contribution is 2.19. The maximum atomic E-state index is 11.1. The van der Waals surface area contributed by atoms with Gasteiger partial charge in [-0.25, -0.2) is 4.98 Å². The van der Waals surface area contributed by atoms with Crippen molar-refractivity contribution < 1.29 is 4.79 Å². The number of carbonyl (C=O) groups excluding carboxylic acids is 1. The van der Waals surface area contributed by atoms with E-state index in [4.69, 9.17) is 0 Å². The van der Waals surface area contributed by atoms with E-state index >= 15 is 0 Å². The van der Waals surface area contributed by atoms with E-state index in [1.807, 2.05) is 30.3 Å². The second-order valence-electron chi connectivity index (χ2n) is 4.80. The molecule has 1 heterocycles. The van der Waals surface area contributed by atoms with Crippen LogP contribution in [0.1, 0.15) is 20.8 Å². The van der Waals surface area contributed by atoms with Crippen molar-refractivity contribution in [2.75, 3.05) is 28.6 Å². The van der Waals surface area contributed by atoms with Crippen LogP contribution in [-0.2, 0) is 4.79 Å². The fourth-order valence-electron chi connectivity index (χ4n) is 2.14. The molecular weight excluding hydrogens is 278 g/mol. The molecule has 0 aliphatic carbocycles. The minimum absolute atomic E-state index is 0.100.